The average Bonchev–Trinajstić information content (AvgIpc) is 2.83. The molecule has 1 atom stereocenters. The number of rotatable bonds is 5. The van der Waals surface area contributed by atoms with Gasteiger partial charge in [-0.2, -0.15) is 0 Å². The molecule has 0 bridgehead atoms. The van der Waals surface area contributed by atoms with E-state index in [1.54, 1.807) is 12.4 Å². The van der Waals surface area contributed by atoms with Gasteiger partial charge in [0.05, 0.1) is 13.2 Å². The van der Waals surface area contributed by atoms with Crippen LogP contribution >= 0.6 is 0 Å². The highest BCUT2D eigenvalue weighted by molar-refractivity contribution is 5.80. The van der Waals surface area contributed by atoms with Crippen LogP contribution in [0.3, 0.4) is 0 Å². The Bertz CT molecular complexity index is 852. The van der Waals surface area contributed by atoms with Crippen LogP contribution in [0.25, 0.3) is 0 Å². The van der Waals surface area contributed by atoms with Crippen LogP contribution in [0.5, 0.6) is 0 Å². The lowest BCUT2D eigenvalue weighted by atomic mass is 10.0. The van der Waals surface area contributed by atoms with Gasteiger partial charge in [-0.25, -0.2) is 9.97 Å². The van der Waals surface area contributed by atoms with E-state index in [2.05, 4.69) is 66.2 Å². The molecule has 0 aliphatic carbocycles. The highest BCUT2D eigenvalue weighted by Gasteiger charge is 2.25. The third-order valence-corrected chi connectivity index (χ3v) is 6.03. The van der Waals surface area contributed by atoms with Gasteiger partial charge in [0.25, 0.3) is 0 Å². The standard InChI is InChI=1S/C23H33N7O/c1-19-6-3-4-7-20(19)21-18-30(16-17-31-21)22(24-2)27-10-11-28-12-14-29(15-13-28)23-25-8-5-9-26-23/h3-9,21H,10-18H2,1-2H3,(H,24,27). The number of ether oxygens (including phenoxy) is 1. The van der Waals surface area contributed by atoms with Gasteiger partial charge in [-0.3, -0.25) is 9.89 Å². The molecule has 0 radical (unpaired) electrons. The molecule has 0 amide bonds. The summed E-state index contributed by atoms with van der Waals surface area (Å²) in [6, 6.07) is 10.3. The van der Waals surface area contributed by atoms with E-state index in [4.69, 9.17) is 4.74 Å². The highest BCUT2D eigenvalue weighted by atomic mass is 16.5. The van der Waals surface area contributed by atoms with Crippen LogP contribution < -0.4 is 10.2 Å². The van der Waals surface area contributed by atoms with Crippen LogP contribution in [0.1, 0.15) is 17.2 Å². The van der Waals surface area contributed by atoms with Crippen LogP contribution in [-0.2, 0) is 4.74 Å². The molecule has 2 aliphatic heterocycles. The Hall–Kier alpha value is -2.71. The number of aliphatic imine (C=N–C) groups is 1. The molecule has 8 nitrogen and oxygen atoms in total. The molecule has 1 aromatic heterocycles. The summed E-state index contributed by atoms with van der Waals surface area (Å²) >= 11 is 0. The molecule has 2 saturated heterocycles. The maximum absolute atomic E-state index is 6.07. The third-order valence-electron chi connectivity index (χ3n) is 6.03. The monoisotopic (exact) mass is 423 g/mol. The van der Waals surface area contributed by atoms with Gasteiger partial charge in [0.1, 0.15) is 6.10 Å². The van der Waals surface area contributed by atoms with Crippen LogP contribution in [0.15, 0.2) is 47.7 Å². The summed E-state index contributed by atoms with van der Waals surface area (Å²) < 4.78 is 6.07. The number of benzene rings is 1. The van der Waals surface area contributed by atoms with Gasteiger partial charge in [0.2, 0.25) is 5.95 Å². The van der Waals surface area contributed by atoms with Crippen molar-refractivity contribution in [3.05, 3.63) is 53.9 Å². The summed E-state index contributed by atoms with van der Waals surface area (Å²) in [4.78, 5) is 20.3. The first-order valence-corrected chi connectivity index (χ1v) is 11.1. The van der Waals surface area contributed by atoms with Crippen molar-refractivity contribution in [2.45, 2.75) is 13.0 Å². The van der Waals surface area contributed by atoms with Gasteiger partial charge in [-0.05, 0) is 24.1 Å². The molecule has 1 N–H and O–H groups in total. The second-order valence-electron chi connectivity index (χ2n) is 8.01. The van der Waals surface area contributed by atoms with Crippen molar-refractivity contribution < 1.29 is 4.74 Å². The van der Waals surface area contributed by atoms with Gasteiger partial charge in [0.15, 0.2) is 5.96 Å². The Balaban J connectivity index is 1.23. The molecular weight excluding hydrogens is 390 g/mol. The molecule has 2 fully saturated rings. The largest absolute Gasteiger partial charge is 0.370 e. The van der Waals surface area contributed by atoms with E-state index in [1.165, 1.54) is 11.1 Å². The minimum absolute atomic E-state index is 0.0850. The molecule has 166 valence electrons. The van der Waals surface area contributed by atoms with Crippen LogP contribution in [0.4, 0.5) is 5.95 Å². The van der Waals surface area contributed by atoms with E-state index >= 15 is 0 Å². The second-order valence-corrected chi connectivity index (χ2v) is 8.01. The van der Waals surface area contributed by atoms with Crippen molar-refractivity contribution >= 4 is 11.9 Å². The van der Waals surface area contributed by atoms with E-state index in [0.717, 1.165) is 64.3 Å². The first-order valence-electron chi connectivity index (χ1n) is 11.1. The maximum atomic E-state index is 6.07. The Morgan fingerprint density at radius 2 is 1.87 bits per heavy atom. The molecule has 4 rings (SSSR count). The summed E-state index contributed by atoms with van der Waals surface area (Å²) in [5.41, 5.74) is 2.54. The van der Waals surface area contributed by atoms with Crippen molar-refractivity contribution in [2.75, 3.05) is 70.9 Å². The Morgan fingerprint density at radius 1 is 1.10 bits per heavy atom. The zero-order valence-electron chi connectivity index (χ0n) is 18.6. The quantitative estimate of drug-likeness (QED) is 0.578. The van der Waals surface area contributed by atoms with Gasteiger partial charge >= 0.3 is 0 Å². The van der Waals surface area contributed by atoms with Crippen molar-refractivity contribution in [1.29, 1.82) is 0 Å². The number of nitrogens with one attached hydrogen (secondary N) is 1. The molecule has 0 saturated carbocycles. The molecule has 2 aliphatic rings. The maximum Gasteiger partial charge on any atom is 0.225 e. The van der Waals surface area contributed by atoms with E-state index < -0.39 is 0 Å². The number of aryl methyl sites for hydroxylation is 1. The normalized spacial score (nSPS) is 20.7. The van der Waals surface area contributed by atoms with Crippen molar-refractivity contribution in [3.63, 3.8) is 0 Å². The lowest BCUT2D eigenvalue weighted by Crippen LogP contribution is -2.51. The van der Waals surface area contributed by atoms with E-state index in [9.17, 15) is 0 Å². The van der Waals surface area contributed by atoms with Crippen LogP contribution in [0, 0.1) is 6.92 Å². The molecule has 0 spiro atoms. The smallest absolute Gasteiger partial charge is 0.225 e. The molecular formula is C23H33N7O. The van der Waals surface area contributed by atoms with Crippen LogP contribution in [0.2, 0.25) is 0 Å². The van der Waals surface area contributed by atoms with E-state index in [0.29, 0.717) is 6.61 Å². The van der Waals surface area contributed by atoms with Crippen molar-refractivity contribution in [1.82, 2.24) is 25.1 Å². The predicted octanol–water partition coefficient (Wildman–Crippen LogP) is 1.56. The van der Waals surface area contributed by atoms with E-state index in [1.807, 2.05) is 13.1 Å². The molecule has 1 unspecified atom stereocenters. The minimum atomic E-state index is 0.0850. The Morgan fingerprint density at radius 3 is 2.61 bits per heavy atom. The Labute approximate surface area is 184 Å². The zero-order chi connectivity index (χ0) is 21.5. The second kappa shape index (κ2) is 10.5. The van der Waals surface area contributed by atoms with Crippen molar-refractivity contribution in [2.24, 2.45) is 4.99 Å². The highest BCUT2D eigenvalue weighted by Crippen LogP contribution is 2.24. The average molecular weight is 424 g/mol. The number of hydrogen-bond acceptors (Lipinski definition) is 6. The SMILES string of the molecule is CN=C(NCCN1CCN(c2ncccn2)CC1)N1CCOC(c2ccccc2C)C1. The lowest BCUT2D eigenvalue weighted by Gasteiger charge is -2.37. The first-order chi connectivity index (χ1) is 15.2. The summed E-state index contributed by atoms with van der Waals surface area (Å²) in [7, 11) is 1.86. The van der Waals surface area contributed by atoms with E-state index in [-0.39, 0.29) is 6.10 Å². The lowest BCUT2D eigenvalue weighted by molar-refractivity contribution is -0.00833. The minimum Gasteiger partial charge on any atom is -0.370 e. The summed E-state index contributed by atoms with van der Waals surface area (Å²) in [5, 5.41) is 3.56. The number of morpholine rings is 1. The fourth-order valence-electron chi connectivity index (χ4n) is 4.26. The summed E-state index contributed by atoms with van der Waals surface area (Å²) in [5.74, 6) is 1.79. The third kappa shape index (κ3) is 5.51. The molecule has 2 aromatic rings. The molecule has 31 heavy (non-hydrogen) atoms. The summed E-state index contributed by atoms with van der Waals surface area (Å²) in [6.45, 7) is 10.4. The fraction of sp³-hybridized carbons (Fsp3) is 0.522. The zero-order valence-corrected chi connectivity index (χ0v) is 18.6. The number of guanidine groups is 1. The fourth-order valence-corrected chi connectivity index (χ4v) is 4.26. The Kier molecular flexibility index (Phi) is 7.32. The van der Waals surface area contributed by atoms with Gasteiger partial charge in [-0.15, -0.1) is 0 Å². The molecule has 1 aromatic carbocycles. The predicted molar refractivity (Wildman–Crippen MR) is 123 cm³/mol. The van der Waals surface area contributed by atoms with Crippen LogP contribution in [-0.4, -0.2) is 91.7 Å². The number of aromatic nitrogens is 2. The van der Waals surface area contributed by atoms with Gasteiger partial charge < -0.3 is 19.9 Å². The number of piperazine rings is 1. The van der Waals surface area contributed by atoms with Gasteiger partial charge in [0, 0.05) is 65.3 Å². The van der Waals surface area contributed by atoms with Gasteiger partial charge in [-0.1, -0.05) is 24.3 Å². The molecule has 3 heterocycles. The summed E-state index contributed by atoms with van der Waals surface area (Å²) in [6.07, 6.45) is 3.70. The number of nitrogens with zero attached hydrogens (tertiary/aromatic N) is 6. The number of hydrogen-bond donors (Lipinski definition) is 1. The van der Waals surface area contributed by atoms with Crippen molar-refractivity contribution in [3.8, 4) is 0 Å². The topological polar surface area (TPSA) is 69.1 Å². The number of anilines is 1. The molecule has 8 heteroatoms. The first kappa shape index (κ1) is 21.5.